The first-order valence-corrected chi connectivity index (χ1v) is 5.58. The van der Waals surface area contributed by atoms with Crippen LogP contribution in [0.4, 0.5) is 22.0 Å². The Morgan fingerprint density at radius 3 is 2.47 bits per heavy atom. The van der Waals surface area contributed by atoms with E-state index in [-0.39, 0.29) is 18.7 Å². The molecule has 2 nitrogen and oxygen atoms in total. The maximum atomic E-state index is 13.3. The number of hydrogen-bond acceptors (Lipinski definition) is 2. The lowest BCUT2D eigenvalue weighted by Crippen LogP contribution is -2.29. The van der Waals surface area contributed by atoms with Gasteiger partial charge >= 0.3 is 6.18 Å². The van der Waals surface area contributed by atoms with E-state index in [2.05, 4.69) is 0 Å². The van der Waals surface area contributed by atoms with Crippen molar-refractivity contribution in [1.82, 2.24) is 4.90 Å². The third-order valence-corrected chi connectivity index (χ3v) is 2.60. The molecule has 0 bridgehead atoms. The zero-order chi connectivity index (χ0) is 14.6. The number of nitrogens with zero attached hydrogens (tertiary/aromatic N) is 1. The van der Waals surface area contributed by atoms with Crippen molar-refractivity contribution in [2.24, 2.45) is 0 Å². The van der Waals surface area contributed by atoms with Crippen LogP contribution in [0.2, 0.25) is 0 Å². The van der Waals surface area contributed by atoms with Gasteiger partial charge in [0.25, 0.3) is 0 Å². The molecule has 0 saturated carbocycles. The minimum absolute atomic E-state index is 0.212. The molecule has 1 aromatic carbocycles. The first-order chi connectivity index (χ1) is 8.70. The van der Waals surface area contributed by atoms with Crippen molar-refractivity contribution in [1.29, 1.82) is 0 Å². The van der Waals surface area contributed by atoms with Crippen LogP contribution in [0.3, 0.4) is 0 Å². The monoisotopic (exact) mass is 283 g/mol. The molecule has 0 spiro atoms. The summed E-state index contributed by atoms with van der Waals surface area (Å²) in [5, 5.41) is 9.70. The van der Waals surface area contributed by atoms with Gasteiger partial charge in [0.15, 0.2) is 11.6 Å². The molecule has 19 heavy (non-hydrogen) atoms. The van der Waals surface area contributed by atoms with Crippen LogP contribution in [-0.4, -0.2) is 36.3 Å². The van der Waals surface area contributed by atoms with Gasteiger partial charge in [0.05, 0.1) is 12.5 Å². The van der Waals surface area contributed by atoms with E-state index in [1.54, 1.807) is 0 Å². The Labute approximate surface area is 107 Å². The Morgan fingerprint density at radius 2 is 1.89 bits per heavy atom. The van der Waals surface area contributed by atoms with Gasteiger partial charge < -0.3 is 10.0 Å². The fourth-order valence-electron chi connectivity index (χ4n) is 1.58. The third kappa shape index (κ3) is 5.12. The molecule has 0 fully saturated rings. The summed E-state index contributed by atoms with van der Waals surface area (Å²) in [6.07, 6.45) is -6.69. The second kappa shape index (κ2) is 6.29. The molecular weight excluding hydrogens is 269 g/mol. The summed E-state index contributed by atoms with van der Waals surface area (Å²) in [6.45, 7) is -0.534. The van der Waals surface area contributed by atoms with Crippen molar-refractivity contribution in [2.45, 2.75) is 18.7 Å². The van der Waals surface area contributed by atoms with Crippen molar-refractivity contribution < 1.29 is 27.1 Å². The maximum Gasteiger partial charge on any atom is 0.390 e. The second-order valence-electron chi connectivity index (χ2n) is 4.29. The van der Waals surface area contributed by atoms with Crippen LogP contribution < -0.4 is 0 Å². The Hall–Kier alpha value is -1.21. The summed E-state index contributed by atoms with van der Waals surface area (Å²) in [4.78, 5) is 1.21. The van der Waals surface area contributed by atoms with E-state index in [9.17, 15) is 27.1 Å². The lowest BCUT2D eigenvalue weighted by atomic mass is 10.1. The predicted molar refractivity (Wildman–Crippen MR) is 59.5 cm³/mol. The maximum absolute atomic E-state index is 13.3. The molecule has 0 radical (unpaired) electrons. The van der Waals surface area contributed by atoms with Crippen molar-refractivity contribution in [3.63, 3.8) is 0 Å². The number of alkyl halides is 3. The molecule has 0 aliphatic carbocycles. The normalized spacial score (nSPS) is 13.9. The average molecular weight is 283 g/mol. The van der Waals surface area contributed by atoms with E-state index < -0.39 is 30.3 Å². The number of rotatable bonds is 5. The molecule has 0 saturated heterocycles. The molecule has 0 heterocycles. The van der Waals surface area contributed by atoms with Gasteiger partial charge in [0.1, 0.15) is 0 Å². The lowest BCUT2D eigenvalue weighted by Gasteiger charge is -2.21. The minimum atomic E-state index is -4.29. The number of hydrogen-bond donors (Lipinski definition) is 1. The summed E-state index contributed by atoms with van der Waals surface area (Å²) in [5.74, 6) is -2.28. The number of halogens is 5. The van der Waals surface area contributed by atoms with E-state index >= 15 is 0 Å². The van der Waals surface area contributed by atoms with Crippen molar-refractivity contribution in [3.8, 4) is 0 Å². The highest BCUT2D eigenvalue weighted by molar-refractivity contribution is 5.21. The predicted octanol–water partition coefficient (Wildman–Crippen LogP) is 2.88. The average Bonchev–Trinajstić information content (AvgIpc) is 2.29. The largest absolute Gasteiger partial charge is 0.390 e. The van der Waals surface area contributed by atoms with Crippen LogP contribution in [0, 0.1) is 11.6 Å². The number of aliphatic hydroxyl groups excluding tert-OH is 1. The van der Waals surface area contributed by atoms with Crippen molar-refractivity contribution in [3.05, 3.63) is 35.4 Å². The Morgan fingerprint density at radius 1 is 1.26 bits per heavy atom. The molecule has 0 aliphatic heterocycles. The summed E-state index contributed by atoms with van der Waals surface area (Å²) in [7, 11) is 1.37. The molecule has 0 aliphatic rings. The molecule has 1 N–H and O–H groups in total. The van der Waals surface area contributed by atoms with Gasteiger partial charge in [-0.2, -0.15) is 13.2 Å². The number of likely N-dealkylation sites (N-methyl/N-ethyl adjacent to an activating group) is 1. The van der Waals surface area contributed by atoms with Crippen LogP contribution in [0.25, 0.3) is 0 Å². The van der Waals surface area contributed by atoms with Crippen LogP contribution in [-0.2, 0) is 0 Å². The smallest absolute Gasteiger partial charge is 0.387 e. The summed E-state index contributed by atoms with van der Waals surface area (Å²) >= 11 is 0. The Balaban J connectivity index is 2.59. The molecular formula is C12H14F5NO. The van der Waals surface area contributed by atoms with Gasteiger partial charge in [0.2, 0.25) is 0 Å². The summed E-state index contributed by atoms with van der Waals surface area (Å²) in [6, 6.07) is 3.33. The van der Waals surface area contributed by atoms with Crippen LogP contribution in [0.5, 0.6) is 0 Å². The molecule has 7 heteroatoms. The van der Waals surface area contributed by atoms with Gasteiger partial charge in [-0.25, -0.2) is 8.78 Å². The lowest BCUT2D eigenvalue weighted by molar-refractivity contribution is -0.137. The van der Waals surface area contributed by atoms with Gasteiger partial charge in [-0.3, -0.25) is 0 Å². The number of benzene rings is 1. The summed E-state index contributed by atoms with van der Waals surface area (Å²) < 4.78 is 62.3. The van der Waals surface area contributed by atoms with Crippen molar-refractivity contribution in [2.75, 3.05) is 20.1 Å². The standard InChI is InChI=1S/C12H14F5NO/c1-18(6-5-12(15,16)17)7-10(19)8-3-2-4-9(13)11(8)14/h2-4,10,19H,5-7H2,1H3. The highest BCUT2D eigenvalue weighted by Crippen LogP contribution is 2.22. The highest BCUT2D eigenvalue weighted by atomic mass is 19.4. The van der Waals surface area contributed by atoms with E-state index in [1.807, 2.05) is 0 Å². The Bertz CT molecular complexity index is 421. The fraction of sp³-hybridized carbons (Fsp3) is 0.500. The Kier molecular flexibility index (Phi) is 5.25. The van der Waals surface area contributed by atoms with E-state index in [0.29, 0.717) is 0 Å². The quantitative estimate of drug-likeness (QED) is 0.840. The molecule has 0 aromatic heterocycles. The minimum Gasteiger partial charge on any atom is -0.387 e. The zero-order valence-corrected chi connectivity index (χ0v) is 10.2. The summed E-state index contributed by atoms with van der Waals surface area (Å²) in [5.41, 5.74) is -0.265. The van der Waals surface area contributed by atoms with Gasteiger partial charge in [0, 0.05) is 18.7 Å². The van der Waals surface area contributed by atoms with Crippen LogP contribution in [0.15, 0.2) is 18.2 Å². The van der Waals surface area contributed by atoms with E-state index in [1.165, 1.54) is 24.1 Å². The molecule has 1 aromatic rings. The van der Waals surface area contributed by atoms with Crippen LogP contribution >= 0.6 is 0 Å². The molecule has 1 rings (SSSR count). The first kappa shape index (κ1) is 15.8. The van der Waals surface area contributed by atoms with Gasteiger partial charge in [-0.15, -0.1) is 0 Å². The second-order valence-corrected chi connectivity index (χ2v) is 4.29. The number of aliphatic hydroxyl groups is 1. The first-order valence-electron chi connectivity index (χ1n) is 5.58. The third-order valence-electron chi connectivity index (χ3n) is 2.60. The van der Waals surface area contributed by atoms with Crippen molar-refractivity contribution >= 4 is 0 Å². The van der Waals surface area contributed by atoms with E-state index in [4.69, 9.17) is 0 Å². The van der Waals surface area contributed by atoms with E-state index in [0.717, 1.165) is 6.07 Å². The SMILES string of the molecule is CN(CCC(F)(F)F)CC(O)c1cccc(F)c1F. The molecule has 108 valence electrons. The molecule has 1 unspecified atom stereocenters. The fourth-order valence-corrected chi connectivity index (χ4v) is 1.58. The van der Waals surface area contributed by atoms with Crippen LogP contribution in [0.1, 0.15) is 18.1 Å². The van der Waals surface area contributed by atoms with Gasteiger partial charge in [-0.05, 0) is 13.1 Å². The van der Waals surface area contributed by atoms with Gasteiger partial charge in [-0.1, -0.05) is 12.1 Å². The molecule has 1 atom stereocenters. The topological polar surface area (TPSA) is 23.5 Å². The zero-order valence-electron chi connectivity index (χ0n) is 10.2. The highest BCUT2D eigenvalue weighted by Gasteiger charge is 2.27. The molecule has 0 amide bonds.